The molecule has 0 bridgehead atoms. The largest absolute Gasteiger partial charge is 0.493 e. The molecule has 180 valence electrons. The van der Waals surface area contributed by atoms with E-state index in [4.69, 9.17) is 9.84 Å². The van der Waals surface area contributed by atoms with Crippen LogP contribution < -0.4 is 9.75 Å². The van der Waals surface area contributed by atoms with Gasteiger partial charge in [0.1, 0.15) is 5.75 Å². The number of nitrogens with zero attached hydrogens (tertiary/aromatic N) is 4. The summed E-state index contributed by atoms with van der Waals surface area (Å²) in [5.41, 5.74) is 6.52. The SMILES string of the molecule is CCCOc1ccc(-c2nn(-c3ccccc3)cc2C=C2C(=O)N(c3ccccc3)N=C2C)cc1C. The predicted octanol–water partition coefficient (Wildman–Crippen LogP) is 6.44. The molecule has 0 saturated carbocycles. The van der Waals surface area contributed by atoms with E-state index in [0.717, 1.165) is 45.9 Å². The third kappa shape index (κ3) is 4.58. The minimum absolute atomic E-state index is 0.156. The predicted molar refractivity (Wildman–Crippen MR) is 145 cm³/mol. The van der Waals surface area contributed by atoms with Gasteiger partial charge in [0.05, 0.1) is 35.0 Å². The number of rotatable bonds is 7. The molecule has 36 heavy (non-hydrogen) atoms. The topological polar surface area (TPSA) is 59.7 Å². The van der Waals surface area contributed by atoms with E-state index < -0.39 is 0 Å². The number of benzene rings is 3. The first-order valence-electron chi connectivity index (χ1n) is 12.1. The van der Waals surface area contributed by atoms with Crippen LogP contribution in [0.1, 0.15) is 31.4 Å². The molecule has 1 amide bonds. The van der Waals surface area contributed by atoms with Gasteiger partial charge in [-0.3, -0.25) is 4.79 Å². The molecular weight excluding hydrogens is 448 g/mol. The summed E-state index contributed by atoms with van der Waals surface area (Å²) in [4.78, 5) is 13.3. The van der Waals surface area contributed by atoms with E-state index in [2.05, 4.69) is 18.1 Å². The number of ether oxygens (including phenoxy) is 1. The van der Waals surface area contributed by atoms with Gasteiger partial charge in [-0.15, -0.1) is 0 Å². The number of carbonyl (C=O) groups excluding carboxylic acids is 1. The fourth-order valence-corrected chi connectivity index (χ4v) is 4.18. The molecule has 2 heterocycles. The van der Waals surface area contributed by atoms with E-state index in [0.29, 0.717) is 17.9 Å². The Morgan fingerprint density at radius 1 is 0.917 bits per heavy atom. The molecule has 0 N–H and O–H groups in total. The number of hydrazone groups is 1. The molecule has 6 nitrogen and oxygen atoms in total. The van der Waals surface area contributed by atoms with Crippen molar-refractivity contribution in [1.82, 2.24) is 9.78 Å². The van der Waals surface area contributed by atoms with Gasteiger partial charge in [-0.05, 0) is 74.4 Å². The smallest absolute Gasteiger partial charge is 0.280 e. The highest BCUT2D eigenvalue weighted by Gasteiger charge is 2.29. The molecule has 0 fully saturated rings. The molecule has 0 unspecified atom stereocenters. The van der Waals surface area contributed by atoms with Crippen LogP contribution in [0.4, 0.5) is 5.69 Å². The van der Waals surface area contributed by atoms with Crippen LogP contribution >= 0.6 is 0 Å². The highest BCUT2D eigenvalue weighted by Crippen LogP contribution is 2.31. The van der Waals surface area contributed by atoms with Gasteiger partial charge in [-0.25, -0.2) is 4.68 Å². The molecule has 1 aromatic heterocycles. The van der Waals surface area contributed by atoms with E-state index in [1.807, 2.05) is 104 Å². The van der Waals surface area contributed by atoms with Crippen LogP contribution in [0.3, 0.4) is 0 Å². The summed E-state index contributed by atoms with van der Waals surface area (Å²) in [7, 11) is 0. The Kier molecular flexibility index (Phi) is 6.50. The number of aryl methyl sites for hydroxylation is 1. The van der Waals surface area contributed by atoms with Crippen molar-refractivity contribution in [2.75, 3.05) is 11.6 Å². The molecule has 0 radical (unpaired) electrons. The Bertz CT molecular complexity index is 1450. The third-order valence-corrected chi connectivity index (χ3v) is 6.04. The molecule has 0 saturated heterocycles. The number of carbonyl (C=O) groups is 1. The molecule has 3 aromatic carbocycles. The van der Waals surface area contributed by atoms with Gasteiger partial charge < -0.3 is 4.74 Å². The van der Waals surface area contributed by atoms with Crippen molar-refractivity contribution in [1.29, 1.82) is 0 Å². The van der Waals surface area contributed by atoms with E-state index >= 15 is 0 Å². The van der Waals surface area contributed by atoms with Crippen LogP contribution in [0.15, 0.2) is 95.7 Å². The fourth-order valence-electron chi connectivity index (χ4n) is 4.18. The number of para-hydroxylation sites is 2. The lowest BCUT2D eigenvalue weighted by atomic mass is 10.0. The standard InChI is InChI=1S/C30H28N4O2/c1-4-17-36-28-16-15-23(18-21(28)2)29-24(20-33(32-29)25-11-7-5-8-12-25)19-27-22(3)31-34(30(27)35)26-13-9-6-10-14-26/h5-16,18-20H,4,17H2,1-3H3. The molecule has 4 aromatic rings. The molecule has 6 heteroatoms. The van der Waals surface area contributed by atoms with Crippen LogP contribution in [-0.2, 0) is 4.79 Å². The lowest BCUT2D eigenvalue weighted by Gasteiger charge is -2.11. The van der Waals surface area contributed by atoms with Crippen LogP contribution in [0.5, 0.6) is 5.75 Å². The second-order valence-electron chi connectivity index (χ2n) is 8.74. The van der Waals surface area contributed by atoms with Gasteiger partial charge in [0, 0.05) is 17.3 Å². The van der Waals surface area contributed by atoms with Gasteiger partial charge in [0.15, 0.2) is 0 Å². The van der Waals surface area contributed by atoms with Crippen molar-refractivity contribution in [3.05, 3.63) is 102 Å². The minimum atomic E-state index is -0.156. The summed E-state index contributed by atoms with van der Waals surface area (Å²) in [5.74, 6) is 0.715. The summed E-state index contributed by atoms with van der Waals surface area (Å²) in [5, 5.41) is 10.9. The van der Waals surface area contributed by atoms with Crippen LogP contribution in [0, 0.1) is 6.92 Å². The summed E-state index contributed by atoms with van der Waals surface area (Å²) >= 11 is 0. The first kappa shape index (κ1) is 23.3. The Hall–Kier alpha value is -4.45. The quantitative estimate of drug-likeness (QED) is 0.288. The second-order valence-corrected chi connectivity index (χ2v) is 8.74. The van der Waals surface area contributed by atoms with E-state index in [9.17, 15) is 4.79 Å². The zero-order chi connectivity index (χ0) is 25.1. The average molecular weight is 477 g/mol. The van der Waals surface area contributed by atoms with Crippen molar-refractivity contribution in [3.63, 3.8) is 0 Å². The molecule has 1 aliphatic rings. The summed E-state index contributed by atoms with van der Waals surface area (Å²) in [6.45, 7) is 6.67. The fraction of sp³-hybridized carbons (Fsp3) is 0.167. The molecule has 0 spiro atoms. The first-order valence-corrected chi connectivity index (χ1v) is 12.1. The lowest BCUT2D eigenvalue weighted by Crippen LogP contribution is -2.21. The number of hydrogen-bond donors (Lipinski definition) is 0. The van der Waals surface area contributed by atoms with Gasteiger partial charge in [0.25, 0.3) is 5.91 Å². The zero-order valence-corrected chi connectivity index (χ0v) is 20.7. The lowest BCUT2D eigenvalue weighted by molar-refractivity contribution is -0.114. The average Bonchev–Trinajstić information content (AvgIpc) is 3.46. The number of hydrogen-bond acceptors (Lipinski definition) is 4. The van der Waals surface area contributed by atoms with Crippen molar-refractivity contribution in [2.45, 2.75) is 27.2 Å². The number of amides is 1. The van der Waals surface area contributed by atoms with Crippen LogP contribution in [0.2, 0.25) is 0 Å². The van der Waals surface area contributed by atoms with E-state index in [-0.39, 0.29) is 5.91 Å². The second kappa shape index (κ2) is 10.0. The number of aromatic nitrogens is 2. The van der Waals surface area contributed by atoms with Crippen molar-refractivity contribution in [3.8, 4) is 22.7 Å². The molecular formula is C30H28N4O2. The maximum atomic E-state index is 13.3. The van der Waals surface area contributed by atoms with Crippen LogP contribution in [0.25, 0.3) is 23.0 Å². The minimum Gasteiger partial charge on any atom is -0.493 e. The zero-order valence-electron chi connectivity index (χ0n) is 20.7. The molecule has 5 rings (SSSR count). The molecule has 0 atom stereocenters. The Morgan fingerprint density at radius 3 is 2.28 bits per heavy atom. The van der Waals surface area contributed by atoms with Crippen molar-refractivity contribution >= 4 is 23.4 Å². The van der Waals surface area contributed by atoms with Crippen molar-refractivity contribution < 1.29 is 9.53 Å². The van der Waals surface area contributed by atoms with Crippen LogP contribution in [-0.4, -0.2) is 28.0 Å². The maximum Gasteiger partial charge on any atom is 0.280 e. The van der Waals surface area contributed by atoms with Crippen molar-refractivity contribution in [2.24, 2.45) is 5.10 Å². The monoisotopic (exact) mass is 476 g/mol. The third-order valence-electron chi connectivity index (χ3n) is 6.04. The summed E-state index contributed by atoms with van der Waals surface area (Å²) in [6.07, 6.45) is 4.80. The summed E-state index contributed by atoms with van der Waals surface area (Å²) in [6, 6.07) is 25.5. The van der Waals surface area contributed by atoms with E-state index in [1.54, 1.807) is 0 Å². The Labute approximate surface area is 211 Å². The Morgan fingerprint density at radius 2 is 1.61 bits per heavy atom. The van der Waals surface area contributed by atoms with Gasteiger partial charge >= 0.3 is 0 Å². The first-order chi connectivity index (χ1) is 17.5. The summed E-state index contributed by atoms with van der Waals surface area (Å²) < 4.78 is 7.71. The van der Waals surface area contributed by atoms with E-state index in [1.165, 1.54) is 5.01 Å². The Balaban J connectivity index is 1.58. The maximum absolute atomic E-state index is 13.3. The normalized spacial score (nSPS) is 14.4. The highest BCUT2D eigenvalue weighted by atomic mass is 16.5. The van der Waals surface area contributed by atoms with Gasteiger partial charge in [0.2, 0.25) is 0 Å². The van der Waals surface area contributed by atoms with Gasteiger partial charge in [-0.2, -0.15) is 15.2 Å². The van der Waals surface area contributed by atoms with Gasteiger partial charge in [-0.1, -0.05) is 43.3 Å². The number of anilines is 1. The molecule has 1 aliphatic heterocycles. The molecule has 0 aliphatic carbocycles. The highest BCUT2D eigenvalue weighted by molar-refractivity contribution is 6.32.